The minimum atomic E-state index is -1.47. The van der Waals surface area contributed by atoms with Crippen LogP contribution in [0, 0.1) is 0 Å². The summed E-state index contributed by atoms with van der Waals surface area (Å²) in [5.74, 6) is 0. The summed E-state index contributed by atoms with van der Waals surface area (Å²) in [6.07, 6.45) is 2.02. The monoisotopic (exact) mass is 232 g/mol. The fraction of sp³-hybridized carbons (Fsp3) is 0.167. The zero-order chi connectivity index (χ0) is 11.3. The maximum atomic E-state index is 9.35. The molecule has 1 aliphatic rings. The first kappa shape index (κ1) is 10.1. The lowest BCUT2D eigenvalue weighted by Gasteiger charge is -2.09. The van der Waals surface area contributed by atoms with Crippen LogP contribution >= 0.6 is 11.6 Å². The van der Waals surface area contributed by atoms with Gasteiger partial charge in [-0.2, -0.15) is 0 Å². The van der Waals surface area contributed by atoms with Crippen LogP contribution < -0.4 is 5.46 Å². The summed E-state index contributed by atoms with van der Waals surface area (Å²) < 4.78 is 0. The predicted molar refractivity (Wildman–Crippen MR) is 66.2 cm³/mol. The van der Waals surface area contributed by atoms with E-state index in [1.165, 1.54) is 11.1 Å². The summed E-state index contributed by atoms with van der Waals surface area (Å²) in [6.45, 7) is 0. The second-order valence-electron chi connectivity index (χ2n) is 4.14. The molecule has 16 heavy (non-hydrogen) atoms. The van der Waals surface area contributed by atoms with Crippen molar-refractivity contribution in [2.75, 3.05) is 0 Å². The lowest BCUT2D eigenvalue weighted by molar-refractivity contribution is 0.426. The van der Waals surface area contributed by atoms with Crippen molar-refractivity contribution >= 4 is 35.0 Å². The number of benzene rings is 2. The predicted octanol–water partition coefficient (Wildman–Crippen LogP) is 1.27. The molecule has 2 aromatic rings. The first-order chi connectivity index (χ1) is 7.68. The Morgan fingerprint density at radius 3 is 2.19 bits per heavy atom. The molecule has 0 unspecified atom stereocenters. The van der Waals surface area contributed by atoms with Crippen molar-refractivity contribution in [1.82, 2.24) is 0 Å². The van der Waals surface area contributed by atoms with Crippen molar-refractivity contribution in [2.24, 2.45) is 0 Å². The fourth-order valence-electron chi connectivity index (χ4n) is 2.53. The van der Waals surface area contributed by atoms with E-state index >= 15 is 0 Å². The van der Waals surface area contributed by atoms with E-state index in [-0.39, 0.29) is 0 Å². The Labute approximate surface area is 98.6 Å². The fourth-order valence-corrected chi connectivity index (χ4v) is 2.79. The van der Waals surface area contributed by atoms with Crippen molar-refractivity contribution in [3.05, 3.63) is 40.4 Å². The van der Waals surface area contributed by atoms with Crippen LogP contribution in [-0.2, 0) is 12.8 Å². The Kier molecular flexibility index (Phi) is 2.21. The zero-order valence-electron chi connectivity index (χ0n) is 8.57. The third-order valence-corrected chi connectivity index (χ3v) is 3.57. The summed E-state index contributed by atoms with van der Waals surface area (Å²) in [4.78, 5) is 0. The van der Waals surface area contributed by atoms with Gasteiger partial charge in [0.1, 0.15) is 0 Å². The van der Waals surface area contributed by atoms with E-state index in [1.807, 2.05) is 18.2 Å². The highest BCUT2D eigenvalue weighted by molar-refractivity contribution is 6.63. The topological polar surface area (TPSA) is 40.5 Å². The van der Waals surface area contributed by atoms with Crippen LogP contribution in [0.1, 0.15) is 11.1 Å². The summed E-state index contributed by atoms with van der Waals surface area (Å²) in [5, 5.41) is 21.2. The van der Waals surface area contributed by atoms with Crippen molar-refractivity contribution < 1.29 is 10.0 Å². The normalized spacial score (nSPS) is 13.4. The largest absolute Gasteiger partial charge is 0.489 e. The molecule has 2 aromatic carbocycles. The molecule has 0 saturated heterocycles. The van der Waals surface area contributed by atoms with Crippen molar-refractivity contribution in [2.45, 2.75) is 12.8 Å². The van der Waals surface area contributed by atoms with Gasteiger partial charge in [-0.25, -0.2) is 0 Å². The summed E-state index contributed by atoms with van der Waals surface area (Å²) in [7, 11) is -1.47. The molecule has 0 aromatic heterocycles. The lowest BCUT2D eigenvalue weighted by atomic mass is 9.76. The highest BCUT2D eigenvalue weighted by atomic mass is 35.5. The Morgan fingerprint density at radius 1 is 0.938 bits per heavy atom. The van der Waals surface area contributed by atoms with Crippen molar-refractivity contribution in [3.63, 3.8) is 0 Å². The summed E-state index contributed by atoms with van der Waals surface area (Å²) >= 11 is 6.16. The highest BCUT2D eigenvalue weighted by Gasteiger charge is 2.22. The molecular formula is C12H10BClO2. The first-order valence-corrected chi connectivity index (χ1v) is 5.65. The molecule has 0 atom stereocenters. The van der Waals surface area contributed by atoms with Gasteiger partial charge in [0.15, 0.2) is 0 Å². The Bertz CT molecular complexity index is 570. The second kappa shape index (κ2) is 3.49. The van der Waals surface area contributed by atoms with E-state index in [2.05, 4.69) is 0 Å². The third kappa shape index (κ3) is 1.29. The van der Waals surface area contributed by atoms with Gasteiger partial charge in [0, 0.05) is 10.4 Å². The quantitative estimate of drug-likeness (QED) is 0.727. The number of hydrogen-bond donors (Lipinski definition) is 2. The summed E-state index contributed by atoms with van der Waals surface area (Å²) in [6, 6.07) is 7.57. The average molecular weight is 232 g/mol. The van der Waals surface area contributed by atoms with Crippen LogP contribution in [0.25, 0.3) is 10.8 Å². The van der Waals surface area contributed by atoms with Gasteiger partial charge in [0.05, 0.1) is 0 Å². The first-order valence-electron chi connectivity index (χ1n) is 5.27. The van der Waals surface area contributed by atoms with Gasteiger partial charge in [0.2, 0.25) is 0 Å². The van der Waals surface area contributed by atoms with Gasteiger partial charge >= 0.3 is 7.12 Å². The zero-order valence-corrected chi connectivity index (χ0v) is 9.33. The molecule has 0 bridgehead atoms. The van der Waals surface area contributed by atoms with E-state index in [4.69, 9.17) is 11.6 Å². The van der Waals surface area contributed by atoms with E-state index in [0.717, 1.165) is 23.6 Å². The molecule has 3 rings (SSSR count). The van der Waals surface area contributed by atoms with Crippen LogP contribution in [0.3, 0.4) is 0 Å². The van der Waals surface area contributed by atoms with Gasteiger partial charge < -0.3 is 10.0 Å². The molecule has 2 nitrogen and oxygen atoms in total. The second-order valence-corrected chi connectivity index (χ2v) is 4.55. The molecule has 4 heteroatoms. The van der Waals surface area contributed by atoms with Crippen LogP contribution in [0.2, 0.25) is 5.02 Å². The van der Waals surface area contributed by atoms with Crippen LogP contribution in [0.5, 0.6) is 0 Å². The van der Waals surface area contributed by atoms with E-state index in [1.54, 1.807) is 6.07 Å². The number of rotatable bonds is 1. The number of aryl methyl sites for hydroxylation is 2. The van der Waals surface area contributed by atoms with Crippen molar-refractivity contribution in [3.8, 4) is 0 Å². The Balaban J connectivity index is 2.49. The van der Waals surface area contributed by atoms with E-state index in [9.17, 15) is 10.0 Å². The number of halogens is 1. The molecule has 0 spiro atoms. The minimum Gasteiger partial charge on any atom is -0.423 e. The minimum absolute atomic E-state index is 0.493. The lowest BCUT2D eigenvalue weighted by Crippen LogP contribution is -2.30. The molecular weight excluding hydrogens is 222 g/mol. The van der Waals surface area contributed by atoms with Gasteiger partial charge in [-0.3, -0.25) is 0 Å². The SMILES string of the molecule is OB(O)c1ccc2c3c(ccc(Cl)c13)CC2. The molecule has 0 radical (unpaired) electrons. The Hall–Kier alpha value is -1.03. The van der Waals surface area contributed by atoms with Gasteiger partial charge in [-0.1, -0.05) is 29.8 Å². The van der Waals surface area contributed by atoms with Gasteiger partial charge in [-0.15, -0.1) is 0 Å². The van der Waals surface area contributed by atoms with Crippen LogP contribution in [0.4, 0.5) is 0 Å². The summed E-state index contributed by atoms with van der Waals surface area (Å²) in [5.41, 5.74) is 2.99. The number of hydrogen-bond acceptors (Lipinski definition) is 2. The smallest absolute Gasteiger partial charge is 0.423 e. The maximum absolute atomic E-state index is 9.35. The molecule has 0 aliphatic heterocycles. The van der Waals surface area contributed by atoms with Gasteiger partial charge in [0.25, 0.3) is 0 Å². The molecule has 1 aliphatic carbocycles. The van der Waals surface area contributed by atoms with Crippen LogP contribution in [-0.4, -0.2) is 17.2 Å². The van der Waals surface area contributed by atoms with Gasteiger partial charge in [-0.05, 0) is 40.9 Å². The molecule has 2 N–H and O–H groups in total. The molecule has 0 heterocycles. The van der Waals surface area contributed by atoms with Crippen molar-refractivity contribution in [1.29, 1.82) is 0 Å². The molecule has 0 amide bonds. The van der Waals surface area contributed by atoms with Crippen LogP contribution in [0.15, 0.2) is 24.3 Å². The molecule has 0 fully saturated rings. The maximum Gasteiger partial charge on any atom is 0.489 e. The third-order valence-electron chi connectivity index (χ3n) is 3.26. The van der Waals surface area contributed by atoms with E-state index in [0.29, 0.717) is 10.5 Å². The van der Waals surface area contributed by atoms with E-state index < -0.39 is 7.12 Å². The molecule has 0 saturated carbocycles. The molecule has 80 valence electrons. The standard InChI is InChI=1S/C12H10BClO2/c14-10-6-4-8-2-1-7-3-5-9(13(15)16)12(10)11(7)8/h3-6,15-16H,1-2H2. The Morgan fingerprint density at radius 2 is 1.56 bits per heavy atom. The highest BCUT2D eigenvalue weighted by Crippen LogP contribution is 2.33. The average Bonchev–Trinajstić information content (AvgIpc) is 2.67.